The fourth-order valence-corrected chi connectivity index (χ4v) is 6.11. The number of unbranched alkanes of at least 4 members (excludes halogenated alkanes) is 7. The van der Waals surface area contributed by atoms with Crippen molar-refractivity contribution in [3.05, 3.63) is 66.2 Å². The molecule has 2 rings (SSSR count). The molecule has 0 radical (unpaired) electrons. The van der Waals surface area contributed by atoms with Crippen LogP contribution in [0.2, 0.25) is 12.1 Å². The first kappa shape index (κ1) is 21.8. The molecule has 0 spiro atoms. The van der Waals surface area contributed by atoms with E-state index in [0.717, 1.165) is 5.75 Å². The van der Waals surface area contributed by atoms with Crippen LogP contribution >= 0.6 is 0 Å². The highest BCUT2D eigenvalue weighted by Crippen LogP contribution is 2.19. The van der Waals surface area contributed by atoms with E-state index in [2.05, 4.69) is 67.6 Å². The lowest BCUT2D eigenvalue weighted by Crippen LogP contribution is -2.21. The Morgan fingerprint density at radius 2 is 1.19 bits per heavy atom. The smallest absolute Gasteiger partial charge is 0.235 e. The Morgan fingerprint density at radius 1 is 0.630 bits per heavy atom. The van der Waals surface area contributed by atoms with E-state index in [9.17, 15) is 0 Å². The highest BCUT2D eigenvalue weighted by atomic mass is 28.3. The van der Waals surface area contributed by atoms with Crippen molar-refractivity contribution in [3.8, 4) is 5.75 Å². The lowest BCUT2D eigenvalue weighted by molar-refractivity contribution is 0.543. The normalized spacial score (nSPS) is 12.0. The molecule has 1 nitrogen and oxygen atoms in total. The summed E-state index contributed by atoms with van der Waals surface area (Å²) in [5.74, 6) is 1.08. The van der Waals surface area contributed by atoms with Gasteiger partial charge in [-0.2, -0.15) is 0 Å². The van der Waals surface area contributed by atoms with Crippen LogP contribution in [0.5, 0.6) is 5.75 Å². The minimum Gasteiger partial charge on any atom is -0.546 e. The number of rotatable bonds is 15. The monoisotopic (exact) mass is 382 g/mol. The Balaban J connectivity index is 1.69. The summed E-state index contributed by atoms with van der Waals surface area (Å²) in [5.41, 5.74) is 1.46. The molecule has 0 aromatic heterocycles. The zero-order valence-electron chi connectivity index (χ0n) is 17.2. The molecule has 0 N–H and O–H groups in total. The fourth-order valence-electron chi connectivity index (χ4n) is 3.64. The second kappa shape index (κ2) is 14.5. The summed E-state index contributed by atoms with van der Waals surface area (Å²) in [5, 5.41) is 0. The van der Waals surface area contributed by atoms with Crippen molar-refractivity contribution in [2.45, 2.75) is 83.2 Å². The summed E-state index contributed by atoms with van der Waals surface area (Å²) in [4.78, 5) is 0. The van der Waals surface area contributed by atoms with Crippen LogP contribution in [0.3, 0.4) is 0 Å². The Morgan fingerprint density at radius 3 is 1.85 bits per heavy atom. The van der Waals surface area contributed by atoms with Crippen molar-refractivity contribution in [2.24, 2.45) is 0 Å². The van der Waals surface area contributed by atoms with Crippen molar-refractivity contribution in [1.82, 2.24) is 0 Å². The summed E-state index contributed by atoms with van der Waals surface area (Å²) in [6, 6.07) is 23.9. The largest absolute Gasteiger partial charge is 0.546 e. The number of hydrogen-bond acceptors (Lipinski definition) is 1. The van der Waals surface area contributed by atoms with Gasteiger partial charge in [-0.1, -0.05) is 107 Å². The lowest BCUT2D eigenvalue weighted by atomic mass is 10.1. The van der Waals surface area contributed by atoms with E-state index in [1.54, 1.807) is 0 Å². The second-order valence-corrected chi connectivity index (χ2v) is 10.3. The molecule has 0 amide bonds. The Labute approximate surface area is 168 Å². The van der Waals surface area contributed by atoms with Crippen molar-refractivity contribution in [1.29, 1.82) is 0 Å². The lowest BCUT2D eigenvalue weighted by Gasteiger charge is -2.18. The summed E-state index contributed by atoms with van der Waals surface area (Å²) < 4.78 is 6.45. The number of aryl methyl sites for hydroxylation is 1. The molecule has 2 heteroatoms. The van der Waals surface area contributed by atoms with Crippen LogP contribution in [0.25, 0.3) is 0 Å². The van der Waals surface area contributed by atoms with E-state index in [-0.39, 0.29) is 0 Å². The fraction of sp³-hybridized carbons (Fsp3) is 0.520. The molecule has 0 aliphatic carbocycles. The molecule has 1 unspecified atom stereocenters. The topological polar surface area (TPSA) is 9.23 Å². The van der Waals surface area contributed by atoms with Gasteiger partial charge in [0, 0.05) is 0 Å². The molecule has 0 heterocycles. The molecule has 0 fully saturated rings. The quantitative estimate of drug-likeness (QED) is 0.228. The van der Waals surface area contributed by atoms with Gasteiger partial charge in [0.2, 0.25) is 9.04 Å². The van der Waals surface area contributed by atoms with Crippen LogP contribution in [-0.4, -0.2) is 9.04 Å². The van der Waals surface area contributed by atoms with E-state index < -0.39 is 9.04 Å². The third-order valence-corrected chi connectivity index (χ3v) is 7.97. The standard InChI is InChI=1S/C25H38OSi/c1-2-3-4-5-6-7-8-15-22-27(26-25-20-13-10-14-21-25)23-16-19-24-17-11-9-12-18-24/h9-14,17-18,20-21,27H,2-8,15-16,19,22-23H2,1H3. The van der Waals surface area contributed by atoms with Crippen LogP contribution in [-0.2, 0) is 6.42 Å². The van der Waals surface area contributed by atoms with Crippen molar-refractivity contribution in [3.63, 3.8) is 0 Å². The van der Waals surface area contributed by atoms with Crippen molar-refractivity contribution < 1.29 is 4.43 Å². The van der Waals surface area contributed by atoms with Gasteiger partial charge in [-0.15, -0.1) is 0 Å². The van der Waals surface area contributed by atoms with Crippen LogP contribution in [0.1, 0.15) is 70.3 Å². The van der Waals surface area contributed by atoms with Gasteiger partial charge >= 0.3 is 0 Å². The van der Waals surface area contributed by atoms with Crippen LogP contribution in [0.4, 0.5) is 0 Å². The average Bonchev–Trinajstić information content (AvgIpc) is 2.71. The first-order valence-corrected chi connectivity index (χ1v) is 13.2. The summed E-state index contributed by atoms with van der Waals surface area (Å²) >= 11 is 0. The van der Waals surface area contributed by atoms with Gasteiger partial charge in [0.1, 0.15) is 5.75 Å². The van der Waals surface area contributed by atoms with Crippen LogP contribution < -0.4 is 4.43 Å². The van der Waals surface area contributed by atoms with Crippen LogP contribution in [0.15, 0.2) is 60.7 Å². The van der Waals surface area contributed by atoms with Crippen molar-refractivity contribution >= 4 is 9.04 Å². The van der Waals surface area contributed by atoms with Gasteiger partial charge in [0.05, 0.1) is 0 Å². The minimum atomic E-state index is -1.17. The number of hydrogen-bond donors (Lipinski definition) is 0. The van der Waals surface area contributed by atoms with E-state index in [1.807, 2.05) is 0 Å². The predicted molar refractivity (Wildman–Crippen MR) is 121 cm³/mol. The molecule has 27 heavy (non-hydrogen) atoms. The molecular formula is C25H38OSi. The first-order valence-electron chi connectivity index (χ1n) is 11.1. The Kier molecular flexibility index (Phi) is 11.7. The minimum absolute atomic E-state index is 1.08. The third-order valence-electron chi connectivity index (χ3n) is 5.26. The summed E-state index contributed by atoms with van der Waals surface area (Å²) in [6.45, 7) is 2.29. The van der Waals surface area contributed by atoms with E-state index in [1.165, 1.54) is 81.9 Å². The molecule has 2 aromatic rings. The average molecular weight is 383 g/mol. The molecule has 0 aliphatic rings. The molecule has 1 atom stereocenters. The maximum absolute atomic E-state index is 6.45. The molecule has 2 aromatic carbocycles. The van der Waals surface area contributed by atoms with Gasteiger partial charge in [0.25, 0.3) is 0 Å². The Bertz CT molecular complexity index is 569. The molecule has 0 bridgehead atoms. The summed E-state index contributed by atoms with van der Waals surface area (Å²) in [6.07, 6.45) is 13.6. The summed E-state index contributed by atoms with van der Waals surface area (Å²) in [7, 11) is -1.17. The molecule has 148 valence electrons. The molecule has 0 saturated carbocycles. The highest BCUT2D eigenvalue weighted by molar-refractivity contribution is 6.52. The van der Waals surface area contributed by atoms with Crippen LogP contribution in [0, 0.1) is 0 Å². The van der Waals surface area contributed by atoms with Gasteiger partial charge in [0.15, 0.2) is 0 Å². The zero-order chi connectivity index (χ0) is 19.0. The second-order valence-electron chi connectivity index (χ2n) is 7.69. The van der Waals surface area contributed by atoms with Gasteiger partial charge < -0.3 is 4.43 Å². The Hall–Kier alpha value is -1.54. The molecular weight excluding hydrogens is 344 g/mol. The third kappa shape index (κ3) is 10.4. The van der Waals surface area contributed by atoms with E-state index in [0.29, 0.717) is 0 Å². The van der Waals surface area contributed by atoms with Gasteiger partial charge in [-0.25, -0.2) is 0 Å². The maximum atomic E-state index is 6.45. The zero-order valence-corrected chi connectivity index (χ0v) is 18.4. The maximum Gasteiger partial charge on any atom is 0.235 e. The molecule has 0 aliphatic heterocycles. The van der Waals surface area contributed by atoms with Crippen molar-refractivity contribution in [2.75, 3.05) is 0 Å². The van der Waals surface area contributed by atoms with E-state index in [4.69, 9.17) is 4.43 Å². The number of benzene rings is 2. The van der Waals surface area contributed by atoms with E-state index >= 15 is 0 Å². The highest BCUT2D eigenvalue weighted by Gasteiger charge is 2.13. The SMILES string of the molecule is CCCCCCCCCC[SiH](CCCc1ccccc1)Oc1ccccc1. The number of para-hydroxylation sites is 1. The first-order chi connectivity index (χ1) is 13.4. The van der Waals surface area contributed by atoms with Gasteiger partial charge in [-0.05, 0) is 42.6 Å². The van der Waals surface area contributed by atoms with Gasteiger partial charge in [-0.3, -0.25) is 0 Å². The molecule has 0 saturated heterocycles. The predicted octanol–water partition coefficient (Wildman–Crippen LogP) is 7.56.